The summed E-state index contributed by atoms with van der Waals surface area (Å²) in [6.07, 6.45) is 5.91. The molecule has 0 aromatic heterocycles. The number of hydrogen-bond acceptors (Lipinski definition) is 3. The highest BCUT2D eigenvalue weighted by atomic mass is 35.5. The average Bonchev–Trinajstić information content (AvgIpc) is 2.38. The van der Waals surface area contributed by atoms with Gasteiger partial charge in [-0.05, 0) is 33.6 Å². The van der Waals surface area contributed by atoms with Crippen LogP contribution in [0.3, 0.4) is 0 Å². The fraction of sp³-hybridized carbons (Fsp3) is 0.867. The number of ether oxygens (including phenoxy) is 1. The number of unbranched alkanes of at least 4 members (excludes halogenated alkanes) is 5. The second kappa shape index (κ2) is 11.7. The molecule has 0 aromatic carbocycles. The highest BCUT2D eigenvalue weighted by Gasteiger charge is 2.13. The molecule has 0 aliphatic rings. The molecule has 5 nitrogen and oxygen atoms in total. The Kier molecular flexibility index (Phi) is 11.1. The largest absolute Gasteiger partial charge is 0.450 e. The van der Waals surface area contributed by atoms with Gasteiger partial charge in [-0.15, -0.1) is 11.6 Å². The molecule has 0 radical (unpaired) electrons. The van der Waals surface area contributed by atoms with Gasteiger partial charge >= 0.3 is 6.09 Å². The summed E-state index contributed by atoms with van der Waals surface area (Å²) in [5.41, 5.74) is -0.254. The summed E-state index contributed by atoms with van der Waals surface area (Å²) in [5.74, 6) is -0.0784. The van der Waals surface area contributed by atoms with Crippen LogP contribution in [0.2, 0.25) is 0 Å². The third-order valence-corrected chi connectivity index (χ3v) is 2.97. The molecule has 0 aliphatic carbocycles. The van der Waals surface area contributed by atoms with Gasteiger partial charge in [-0.25, -0.2) is 4.79 Å². The lowest BCUT2D eigenvalue weighted by atomic mass is 10.1. The lowest BCUT2D eigenvalue weighted by Gasteiger charge is -2.19. The summed E-state index contributed by atoms with van der Waals surface area (Å²) in [6.45, 7) is 6.92. The molecule has 0 saturated heterocycles. The van der Waals surface area contributed by atoms with Gasteiger partial charge in [0.2, 0.25) is 5.91 Å². The Bertz CT molecular complexity index is 304. The molecule has 21 heavy (non-hydrogen) atoms. The Balaban J connectivity index is 3.26. The summed E-state index contributed by atoms with van der Waals surface area (Å²) in [7, 11) is 0. The zero-order chi connectivity index (χ0) is 16.1. The van der Waals surface area contributed by atoms with E-state index in [1.807, 2.05) is 20.8 Å². The van der Waals surface area contributed by atoms with Crippen LogP contribution in [0, 0.1) is 0 Å². The van der Waals surface area contributed by atoms with Gasteiger partial charge in [0.05, 0.1) is 6.61 Å². The number of carbonyl (C=O) groups excluding carboxylic acids is 2. The van der Waals surface area contributed by atoms with Gasteiger partial charge in [0.15, 0.2) is 0 Å². The van der Waals surface area contributed by atoms with E-state index in [2.05, 4.69) is 10.6 Å². The van der Waals surface area contributed by atoms with Crippen LogP contribution in [0.15, 0.2) is 0 Å². The zero-order valence-corrected chi connectivity index (χ0v) is 14.2. The summed E-state index contributed by atoms with van der Waals surface area (Å²) < 4.78 is 5.09. The van der Waals surface area contributed by atoms with Crippen LogP contribution in [0.1, 0.15) is 59.3 Å². The summed E-state index contributed by atoms with van der Waals surface area (Å²) in [5, 5.41) is 5.49. The normalized spacial score (nSPS) is 11.0. The summed E-state index contributed by atoms with van der Waals surface area (Å²) in [4.78, 5) is 22.2. The Morgan fingerprint density at radius 2 is 1.57 bits per heavy atom. The molecule has 2 N–H and O–H groups in total. The van der Waals surface area contributed by atoms with Crippen molar-refractivity contribution >= 4 is 23.6 Å². The van der Waals surface area contributed by atoms with Crippen molar-refractivity contribution in [1.29, 1.82) is 0 Å². The molecule has 0 saturated carbocycles. The molecule has 0 bridgehead atoms. The molecule has 0 rings (SSSR count). The first-order chi connectivity index (χ1) is 9.85. The van der Waals surface area contributed by atoms with E-state index in [9.17, 15) is 9.59 Å². The molecule has 0 spiro atoms. The highest BCUT2D eigenvalue weighted by Crippen LogP contribution is 2.05. The quantitative estimate of drug-likeness (QED) is 0.480. The van der Waals surface area contributed by atoms with Gasteiger partial charge in [-0.1, -0.05) is 25.7 Å². The molecule has 0 unspecified atom stereocenters. The van der Waals surface area contributed by atoms with Crippen molar-refractivity contribution in [2.45, 2.75) is 64.8 Å². The summed E-state index contributed by atoms with van der Waals surface area (Å²) >= 11 is 5.37. The SMILES string of the molecule is CC(C)(C)NC(=O)OCCCCCCCCNC(=O)CCl. The van der Waals surface area contributed by atoms with Crippen LogP contribution in [-0.2, 0) is 9.53 Å². The smallest absolute Gasteiger partial charge is 0.407 e. The minimum atomic E-state index is -0.350. The van der Waals surface area contributed by atoms with Gasteiger partial charge in [0.1, 0.15) is 5.88 Å². The maximum Gasteiger partial charge on any atom is 0.407 e. The minimum absolute atomic E-state index is 0.0305. The maximum absolute atomic E-state index is 11.4. The van der Waals surface area contributed by atoms with E-state index >= 15 is 0 Å². The second-order valence-corrected chi connectivity index (χ2v) is 6.38. The van der Waals surface area contributed by atoms with E-state index < -0.39 is 0 Å². The van der Waals surface area contributed by atoms with Crippen LogP contribution in [0.5, 0.6) is 0 Å². The maximum atomic E-state index is 11.4. The van der Waals surface area contributed by atoms with Crippen LogP contribution in [0.25, 0.3) is 0 Å². The summed E-state index contributed by atoms with van der Waals surface area (Å²) in [6, 6.07) is 0. The molecular formula is C15H29ClN2O3. The van der Waals surface area contributed by atoms with Crippen molar-refractivity contribution in [2.24, 2.45) is 0 Å². The van der Waals surface area contributed by atoms with Gasteiger partial charge in [0.25, 0.3) is 0 Å². The van der Waals surface area contributed by atoms with Crippen molar-refractivity contribution in [2.75, 3.05) is 19.0 Å². The van der Waals surface area contributed by atoms with Crippen molar-refractivity contribution in [3.8, 4) is 0 Å². The van der Waals surface area contributed by atoms with Gasteiger partial charge < -0.3 is 15.4 Å². The van der Waals surface area contributed by atoms with E-state index in [1.165, 1.54) is 0 Å². The fourth-order valence-electron chi connectivity index (χ4n) is 1.72. The predicted molar refractivity (Wildman–Crippen MR) is 85.7 cm³/mol. The topological polar surface area (TPSA) is 67.4 Å². The third-order valence-electron chi connectivity index (χ3n) is 2.72. The Labute approximate surface area is 133 Å². The molecule has 0 fully saturated rings. The van der Waals surface area contributed by atoms with Crippen LogP contribution < -0.4 is 10.6 Å². The lowest BCUT2D eigenvalue weighted by Crippen LogP contribution is -2.41. The van der Waals surface area contributed by atoms with Gasteiger partial charge in [0, 0.05) is 12.1 Å². The Morgan fingerprint density at radius 3 is 2.14 bits per heavy atom. The van der Waals surface area contributed by atoms with Crippen molar-refractivity contribution < 1.29 is 14.3 Å². The van der Waals surface area contributed by atoms with E-state index in [-0.39, 0.29) is 23.4 Å². The predicted octanol–water partition coefficient (Wildman–Crippen LogP) is 3.21. The lowest BCUT2D eigenvalue weighted by molar-refractivity contribution is -0.118. The minimum Gasteiger partial charge on any atom is -0.450 e. The number of hydrogen-bond donors (Lipinski definition) is 2. The average molecular weight is 321 g/mol. The number of halogens is 1. The van der Waals surface area contributed by atoms with E-state index in [4.69, 9.17) is 16.3 Å². The number of carbonyl (C=O) groups is 2. The third kappa shape index (κ3) is 15.2. The molecule has 0 atom stereocenters. The Morgan fingerprint density at radius 1 is 1.00 bits per heavy atom. The monoisotopic (exact) mass is 320 g/mol. The van der Waals surface area contributed by atoms with E-state index in [0.29, 0.717) is 13.2 Å². The number of alkyl halides is 1. The van der Waals surface area contributed by atoms with E-state index in [1.54, 1.807) is 0 Å². The van der Waals surface area contributed by atoms with Crippen LogP contribution in [-0.4, -0.2) is 36.6 Å². The molecule has 0 aromatic rings. The fourth-order valence-corrected chi connectivity index (χ4v) is 1.81. The molecular weight excluding hydrogens is 292 g/mol. The Hall–Kier alpha value is -0.970. The zero-order valence-electron chi connectivity index (χ0n) is 13.5. The van der Waals surface area contributed by atoms with Crippen LogP contribution >= 0.6 is 11.6 Å². The number of amides is 2. The molecule has 0 aliphatic heterocycles. The molecule has 2 amide bonds. The molecule has 0 heterocycles. The van der Waals surface area contributed by atoms with Crippen molar-refractivity contribution in [3.05, 3.63) is 0 Å². The van der Waals surface area contributed by atoms with Gasteiger partial charge in [-0.3, -0.25) is 4.79 Å². The molecule has 124 valence electrons. The van der Waals surface area contributed by atoms with Crippen LogP contribution in [0.4, 0.5) is 4.79 Å². The first-order valence-electron chi connectivity index (χ1n) is 7.63. The van der Waals surface area contributed by atoms with Crippen molar-refractivity contribution in [3.63, 3.8) is 0 Å². The molecule has 6 heteroatoms. The first-order valence-corrected chi connectivity index (χ1v) is 8.16. The number of nitrogens with one attached hydrogen (secondary N) is 2. The number of alkyl carbamates (subject to hydrolysis) is 1. The second-order valence-electron chi connectivity index (χ2n) is 6.12. The van der Waals surface area contributed by atoms with Gasteiger partial charge in [-0.2, -0.15) is 0 Å². The standard InChI is InChI=1S/C15H29ClN2O3/c1-15(2,3)18-14(20)21-11-9-7-5-4-6-8-10-17-13(19)12-16/h4-12H2,1-3H3,(H,17,19)(H,18,20). The first kappa shape index (κ1) is 20.0. The van der Waals surface area contributed by atoms with E-state index in [0.717, 1.165) is 38.5 Å². The van der Waals surface area contributed by atoms with Crippen molar-refractivity contribution in [1.82, 2.24) is 10.6 Å². The highest BCUT2D eigenvalue weighted by molar-refractivity contribution is 6.27. The number of rotatable bonds is 10.